The molecule has 1 unspecified atom stereocenters. The molecule has 0 bridgehead atoms. The minimum Gasteiger partial charge on any atom is -0.352 e. The van der Waals surface area contributed by atoms with E-state index in [0.29, 0.717) is 39.0 Å². The van der Waals surface area contributed by atoms with Gasteiger partial charge in [0.2, 0.25) is 11.8 Å². The van der Waals surface area contributed by atoms with Crippen LogP contribution in [-0.4, -0.2) is 65.4 Å². The lowest BCUT2D eigenvalue weighted by molar-refractivity contribution is -0.140. The average Bonchev–Trinajstić information content (AvgIpc) is 3.01. The van der Waals surface area contributed by atoms with Gasteiger partial charge in [0.05, 0.1) is 6.67 Å². The largest absolute Gasteiger partial charge is 0.352 e. The maximum Gasteiger partial charge on any atom is 0.250 e. The van der Waals surface area contributed by atoms with E-state index in [4.69, 9.17) is 0 Å². The summed E-state index contributed by atoms with van der Waals surface area (Å²) in [4.78, 5) is 44.0. The Hall–Kier alpha value is -2.57. The molecule has 2 saturated heterocycles. The smallest absolute Gasteiger partial charge is 0.250 e. The average molecular weight is 415 g/mol. The highest BCUT2D eigenvalue weighted by Gasteiger charge is 2.54. The summed E-state index contributed by atoms with van der Waals surface area (Å²) >= 11 is 0. The molecule has 1 N–H and O–H groups in total. The molecule has 2 heterocycles. The molecule has 2 aliphatic heterocycles. The van der Waals surface area contributed by atoms with Crippen molar-refractivity contribution in [1.29, 1.82) is 0 Å². The summed E-state index contributed by atoms with van der Waals surface area (Å²) in [5.41, 5.74) is 0.282. The lowest BCUT2D eigenvalue weighted by Gasteiger charge is -2.43. The van der Waals surface area contributed by atoms with Crippen LogP contribution in [0.25, 0.3) is 0 Å². The first-order chi connectivity index (χ1) is 14.4. The van der Waals surface area contributed by atoms with Crippen molar-refractivity contribution < 1.29 is 14.4 Å². The Labute approximate surface area is 179 Å². The van der Waals surface area contributed by atoms with Gasteiger partial charge in [-0.25, -0.2) is 0 Å². The second-order valence-electron chi connectivity index (χ2n) is 8.45. The van der Waals surface area contributed by atoms with E-state index in [-0.39, 0.29) is 30.3 Å². The SMILES string of the molecule is CCCC(=O)N1CCC2(CC1)C(=O)N(CC(=O)NC(C)CC)CN2c1ccccc1. The van der Waals surface area contributed by atoms with E-state index in [2.05, 4.69) is 10.2 Å². The molecule has 1 atom stereocenters. The van der Waals surface area contributed by atoms with Crippen molar-refractivity contribution in [3.63, 3.8) is 0 Å². The Morgan fingerprint density at radius 2 is 1.80 bits per heavy atom. The molecule has 1 spiro atoms. The molecule has 7 heteroatoms. The van der Waals surface area contributed by atoms with Gasteiger partial charge in [0.1, 0.15) is 12.1 Å². The van der Waals surface area contributed by atoms with E-state index in [1.807, 2.05) is 56.0 Å². The summed E-state index contributed by atoms with van der Waals surface area (Å²) in [6, 6.07) is 9.98. The highest BCUT2D eigenvalue weighted by atomic mass is 16.2. The minimum atomic E-state index is -0.693. The molecule has 0 aromatic heterocycles. The fourth-order valence-electron chi connectivity index (χ4n) is 4.42. The van der Waals surface area contributed by atoms with Gasteiger partial charge in [-0.1, -0.05) is 32.0 Å². The minimum absolute atomic E-state index is 0.00625. The first-order valence-corrected chi connectivity index (χ1v) is 11.1. The normalized spacial score (nSPS) is 19.3. The topological polar surface area (TPSA) is 73.0 Å². The van der Waals surface area contributed by atoms with Gasteiger partial charge in [0, 0.05) is 31.2 Å². The summed E-state index contributed by atoms with van der Waals surface area (Å²) in [6.45, 7) is 7.58. The zero-order chi connectivity index (χ0) is 21.7. The summed E-state index contributed by atoms with van der Waals surface area (Å²) in [5, 5.41) is 2.95. The van der Waals surface area contributed by atoms with Crippen LogP contribution < -0.4 is 10.2 Å². The number of anilines is 1. The molecule has 0 radical (unpaired) electrons. The summed E-state index contributed by atoms with van der Waals surface area (Å²) in [7, 11) is 0. The Morgan fingerprint density at radius 3 is 2.40 bits per heavy atom. The number of hydrogen-bond donors (Lipinski definition) is 1. The molecule has 1 aromatic rings. The van der Waals surface area contributed by atoms with Crippen molar-refractivity contribution in [2.75, 3.05) is 31.2 Å². The molecule has 164 valence electrons. The number of carbonyl (C=O) groups excluding carboxylic acids is 3. The fraction of sp³-hybridized carbons (Fsp3) is 0.609. The molecule has 3 amide bonds. The number of likely N-dealkylation sites (tertiary alicyclic amines) is 1. The van der Waals surface area contributed by atoms with Crippen LogP contribution in [0.15, 0.2) is 30.3 Å². The number of piperidine rings is 1. The van der Waals surface area contributed by atoms with Crippen LogP contribution >= 0.6 is 0 Å². The van der Waals surface area contributed by atoms with Crippen molar-refractivity contribution in [2.45, 2.75) is 64.5 Å². The van der Waals surface area contributed by atoms with Gasteiger partial charge in [-0.05, 0) is 44.7 Å². The van der Waals surface area contributed by atoms with E-state index in [0.717, 1.165) is 18.5 Å². The Bertz CT molecular complexity index is 759. The third-order valence-corrected chi connectivity index (χ3v) is 6.34. The number of nitrogens with one attached hydrogen (secondary N) is 1. The standard InChI is InChI=1S/C23H34N4O3/c1-4-9-21(29)25-14-12-23(13-15-25)22(30)26(16-20(28)24-18(3)5-2)17-27(23)19-10-7-6-8-11-19/h6-8,10-11,18H,4-5,9,12-17H2,1-3H3,(H,24,28). The molecule has 3 rings (SSSR count). The highest BCUT2D eigenvalue weighted by Crippen LogP contribution is 2.39. The predicted molar refractivity (Wildman–Crippen MR) is 117 cm³/mol. The van der Waals surface area contributed by atoms with Crippen LogP contribution in [-0.2, 0) is 14.4 Å². The van der Waals surface area contributed by atoms with Crippen molar-refractivity contribution in [1.82, 2.24) is 15.1 Å². The fourth-order valence-corrected chi connectivity index (χ4v) is 4.42. The zero-order valence-electron chi connectivity index (χ0n) is 18.4. The van der Waals surface area contributed by atoms with Gasteiger partial charge in [0.25, 0.3) is 5.91 Å². The molecule has 2 fully saturated rings. The van der Waals surface area contributed by atoms with Crippen molar-refractivity contribution in [2.24, 2.45) is 0 Å². The molecule has 7 nitrogen and oxygen atoms in total. The van der Waals surface area contributed by atoms with Crippen LogP contribution in [0.4, 0.5) is 5.69 Å². The zero-order valence-corrected chi connectivity index (χ0v) is 18.4. The van der Waals surface area contributed by atoms with Gasteiger partial charge in [-0.15, -0.1) is 0 Å². The highest BCUT2D eigenvalue weighted by molar-refractivity contribution is 5.96. The number of amides is 3. The molecule has 0 aliphatic carbocycles. The number of hydrogen-bond acceptors (Lipinski definition) is 4. The van der Waals surface area contributed by atoms with E-state index in [9.17, 15) is 14.4 Å². The molecule has 2 aliphatic rings. The summed E-state index contributed by atoms with van der Waals surface area (Å²) in [6.07, 6.45) is 3.39. The Kier molecular flexibility index (Phi) is 7.00. The lowest BCUT2D eigenvalue weighted by atomic mass is 9.85. The lowest BCUT2D eigenvalue weighted by Crippen LogP contribution is -2.57. The van der Waals surface area contributed by atoms with E-state index < -0.39 is 5.54 Å². The van der Waals surface area contributed by atoms with E-state index in [1.54, 1.807) is 4.90 Å². The predicted octanol–water partition coefficient (Wildman–Crippen LogP) is 2.37. The third kappa shape index (κ3) is 4.45. The van der Waals surface area contributed by atoms with E-state index >= 15 is 0 Å². The van der Waals surface area contributed by atoms with Gasteiger partial charge in [-0.2, -0.15) is 0 Å². The number of rotatable bonds is 7. The number of para-hydroxylation sites is 1. The van der Waals surface area contributed by atoms with Crippen molar-refractivity contribution in [3.05, 3.63) is 30.3 Å². The van der Waals surface area contributed by atoms with Gasteiger partial charge >= 0.3 is 0 Å². The van der Waals surface area contributed by atoms with E-state index in [1.165, 1.54) is 0 Å². The first-order valence-electron chi connectivity index (χ1n) is 11.1. The van der Waals surface area contributed by atoms with Gasteiger partial charge < -0.3 is 20.0 Å². The molecule has 0 saturated carbocycles. The molecular formula is C23H34N4O3. The third-order valence-electron chi connectivity index (χ3n) is 6.34. The Morgan fingerprint density at radius 1 is 1.13 bits per heavy atom. The second-order valence-corrected chi connectivity index (χ2v) is 8.45. The maximum absolute atomic E-state index is 13.6. The first kappa shape index (κ1) is 22.1. The quantitative estimate of drug-likeness (QED) is 0.744. The molecule has 1 aromatic carbocycles. The molecular weight excluding hydrogens is 380 g/mol. The van der Waals surface area contributed by atoms with Crippen LogP contribution in [0.3, 0.4) is 0 Å². The Balaban J connectivity index is 1.79. The number of benzene rings is 1. The van der Waals surface area contributed by atoms with Crippen molar-refractivity contribution in [3.8, 4) is 0 Å². The molecule has 30 heavy (non-hydrogen) atoms. The summed E-state index contributed by atoms with van der Waals surface area (Å²) in [5.74, 6) is 0.0282. The van der Waals surface area contributed by atoms with Crippen molar-refractivity contribution >= 4 is 23.4 Å². The van der Waals surface area contributed by atoms with Crippen LogP contribution in [0.2, 0.25) is 0 Å². The maximum atomic E-state index is 13.6. The van der Waals surface area contributed by atoms with Crippen LogP contribution in [0.5, 0.6) is 0 Å². The van der Waals surface area contributed by atoms with Crippen LogP contribution in [0, 0.1) is 0 Å². The van der Waals surface area contributed by atoms with Gasteiger partial charge in [0.15, 0.2) is 0 Å². The summed E-state index contributed by atoms with van der Waals surface area (Å²) < 4.78 is 0. The van der Waals surface area contributed by atoms with Gasteiger partial charge in [-0.3, -0.25) is 14.4 Å². The monoisotopic (exact) mass is 414 g/mol. The van der Waals surface area contributed by atoms with Crippen LogP contribution in [0.1, 0.15) is 52.9 Å². The number of nitrogens with zero attached hydrogens (tertiary/aromatic N) is 3. The number of carbonyl (C=O) groups is 3. The second kappa shape index (κ2) is 9.49.